The average Bonchev–Trinajstić information content (AvgIpc) is 2.37. The van der Waals surface area contributed by atoms with Crippen LogP contribution in [0.2, 0.25) is 0 Å². The molecule has 1 aliphatic rings. The molecule has 0 N–H and O–H groups in total. The van der Waals surface area contributed by atoms with E-state index in [9.17, 15) is 8.42 Å². The maximum Gasteiger partial charge on any atom is 0.238 e. The largest absolute Gasteiger partial charge is 0.284 e. The Bertz CT molecular complexity index is 216. The van der Waals surface area contributed by atoms with Crippen molar-refractivity contribution < 1.29 is 13.3 Å². The zero-order valence-electron chi connectivity index (χ0n) is 6.78. The van der Waals surface area contributed by atoms with Crippen molar-refractivity contribution in [2.24, 2.45) is 0 Å². The molecule has 1 saturated heterocycles. The van der Waals surface area contributed by atoms with Crippen LogP contribution in [-0.2, 0) is 14.9 Å². The van der Waals surface area contributed by atoms with Crippen molar-refractivity contribution >= 4 is 10.0 Å². The summed E-state index contributed by atoms with van der Waals surface area (Å²) in [6.45, 7) is 4.32. The van der Waals surface area contributed by atoms with Gasteiger partial charge >= 0.3 is 0 Å². The van der Waals surface area contributed by atoms with E-state index in [2.05, 4.69) is 0 Å². The molecule has 0 bridgehead atoms. The van der Waals surface area contributed by atoms with E-state index in [4.69, 9.17) is 4.84 Å². The fourth-order valence-corrected chi connectivity index (χ4v) is 1.94. The van der Waals surface area contributed by atoms with E-state index in [0.717, 1.165) is 10.9 Å². The molecule has 66 valence electrons. The average molecular weight is 179 g/mol. The third kappa shape index (κ3) is 1.72. The summed E-state index contributed by atoms with van der Waals surface area (Å²) in [5.74, 6) is 0. The quantitative estimate of drug-likeness (QED) is 0.615. The van der Waals surface area contributed by atoms with Gasteiger partial charge in [0.15, 0.2) is 0 Å². The van der Waals surface area contributed by atoms with Crippen LogP contribution in [0.4, 0.5) is 0 Å². The molecular weight excluding hydrogens is 166 g/mol. The minimum atomic E-state index is -3.17. The predicted octanol–water partition coefficient (Wildman–Crippen LogP) is 0.362. The molecule has 0 spiro atoms. The lowest BCUT2D eigenvalue weighted by Crippen LogP contribution is -2.32. The van der Waals surface area contributed by atoms with E-state index in [-0.39, 0.29) is 5.25 Å². The van der Waals surface area contributed by atoms with Gasteiger partial charge in [0, 0.05) is 6.54 Å². The van der Waals surface area contributed by atoms with Gasteiger partial charge in [-0.2, -0.15) is 0 Å². The second kappa shape index (κ2) is 3.08. The third-order valence-corrected chi connectivity index (χ3v) is 3.65. The van der Waals surface area contributed by atoms with Gasteiger partial charge in [0.1, 0.15) is 0 Å². The van der Waals surface area contributed by atoms with Crippen molar-refractivity contribution in [3.8, 4) is 0 Å². The van der Waals surface area contributed by atoms with Gasteiger partial charge in [-0.3, -0.25) is 4.84 Å². The fourth-order valence-electron chi connectivity index (χ4n) is 0.860. The lowest BCUT2D eigenvalue weighted by atomic mass is 10.5. The molecule has 0 aromatic heterocycles. The molecule has 0 saturated carbocycles. The minimum Gasteiger partial charge on any atom is -0.284 e. The van der Waals surface area contributed by atoms with Crippen LogP contribution in [0.15, 0.2) is 0 Å². The van der Waals surface area contributed by atoms with E-state index in [1.807, 2.05) is 0 Å². The normalized spacial score (nSPS) is 21.4. The second-order valence-corrected chi connectivity index (χ2v) is 5.19. The fraction of sp³-hybridized carbons (Fsp3) is 1.00. The first-order valence-electron chi connectivity index (χ1n) is 3.69. The van der Waals surface area contributed by atoms with Crippen LogP contribution in [-0.4, -0.2) is 31.3 Å². The number of hydrogen-bond acceptors (Lipinski definition) is 3. The summed E-state index contributed by atoms with van der Waals surface area (Å²) < 4.78 is 23.8. The molecule has 1 fully saturated rings. The summed E-state index contributed by atoms with van der Waals surface area (Å²) in [6, 6.07) is 0. The van der Waals surface area contributed by atoms with Crippen molar-refractivity contribution in [2.45, 2.75) is 25.5 Å². The highest BCUT2D eigenvalue weighted by atomic mass is 32.2. The van der Waals surface area contributed by atoms with Gasteiger partial charge in [-0.05, 0) is 20.3 Å². The lowest BCUT2D eigenvalue weighted by molar-refractivity contribution is -0.0291. The molecule has 1 heterocycles. The van der Waals surface area contributed by atoms with Crippen LogP contribution in [0, 0.1) is 0 Å². The predicted molar refractivity (Wildman–Crippen MR) is 41.3 cm³/mol. The zero-order chi connectivity index (χ0) is 8.48. The maximum atomic E-state index is 11.3. The molecule has 0 aromatic carbocycles. The first kappa shape index (κ1) is 8.96. The van der Waals surface area contributed by atoms with Gasteiger partial charge < -0.3 is 0 Å². The Labute approximate surface area is 67.1 Å². The van der Waals surface area contributed by atoms with Crippen molar-refractivity contribution in [1.29, 1.82) is 0 Å². The summed E-state index contributed by atoms with van der Waals surface area (Å²) in [4.78, 5) is 4.92. The first-order valence-corrected chi connectivity index (χ1v) is 5.20. The molecule has 5 heteroatoms. The van der Waals surface area contributed by atoms with E-state index in [0.29, 0.717) is 13.2 Å². The standard InChI is InChI=1S/C6H13NO3S/c1-6(2)11(8,9)7-4-3-5-10-7/h6H,3-5H2,1-2H3. The third-order valence-electron chi connectivity index (χ3n) is 1.60. The highest BCUT2D eigenvalue weighted by molar-refractivity contribution is 7.89. The molecule has 1 rings (SSSR count). The van der Waals surface area contributed by atoms with Crippen LogP contribution in [0.1, 0.15) is 20.3 Å². The summed E-state index contributed by atoms with van der Waals surface area (Å²) >= 11 is 0. The Kier molecular flexibility index (Phi) is 2.51. The van der Waals surface area contributed by atoms with Gasteiger partial charge in [0.25, 0.3) is 0 Å². The molecule has 0 aliphatic carbocycles. The number of rotatable bonds is 2. The lowest BCUT2D eigenvalue weighted by Gasteiger charge is -2.16. The van der Waals surface area contributed by atoms with Crippen LogP contribution in [0.5, 0.6) is 0 Å². The molecule has 4 nitrogen and oxygen atoms in total. The van der Waals surface area contributed by atoms with Gasteiger partial charge in [-0.25, -0.2) is 8.42 Å². The van der Waals surface area contributed by atoms with Crippen molar-refractivity contribution in [2.75, 3.05) is 13.2 Å². The number of hydroxylamine groups is 1. The van der Waals surface area contributed by atoms with Crippen LogP contribution < -0.4 is 0 Å². The monoisotopic (exact) mass is 179 g/mol. The van der Waals surface area contributed by atoms with Gasteiger partial charge in [0.2, 0.25) is 10.0 Å². The van der Waals surface area contributed by atoms with Crippen LogP contribution >= 0.6 is 0 Å². The molecule has 0 unspecified atom stereocenters. The smallest absolute Gasteiger partial charge is 0.238 e. The molecule has 11 heavy (non-hydrogen) atoms. The molecule has 0 atom stereocenters. The molecular formula is C6H13NO3S. The van der Waals surface area contributed by atoms with E-state index in [1.54, 1.807) is 13.8 Å². The topological polar surface area (TPSA) is 46.6 Å². The van der Waals surface area contributed by atoms with Crippen LogP contribution in [0.25, 0.3) is 0 Å². The van der Waals surface area contributed by atoms with Crippen molar-refractivity contribution in [3.05, 3.63) is 0 Å². The number of nitrogens with zero attached hydrogens (tertiary/aromatic N) is 1. The van der Waals surface area contributed by atoms with E-state index in [1.165, 1.54) is 0 Å². The number of hydrogen-bond donors (Lipinski definition) is 0. The highest BCUT2D eigenvalue weighted by Gasteiger charge is 2.29. The zero-order valence-corrected chi connectivity index (χ0v) is 7.60. The van der Waals surface area contributed by atoms with Gasteiger partial charge in [-0.15, -0.1) is 0 Å². The maximum absolute atomic E-state index is 11.3. The number of sulfonamides is 1. The Balaban J connectivity index is 2.72. The first-order chi connectivity index (χ1) is 5.05. The SMILES string of the molecule is CC(C)S(=O)(=O)N1CCCO1. The molecule has 0 amide bonds. The van der Waals surface area contributed by atoms with E-state index >= 15 is 0 Å². The Morgan fingerprint density at radius 1 is 1.45 bits per heavy atom. The Morgan fingerprint density at radius 3 is 2.45 bits per heavy atom. The summed E-state index contributed by atoms with van der Waals surface area (Å²) in [7, 11) is -3.17. The Hall–Kier alpha value is -0.130. The van der Waals surface area contributed by atoms with Gasteiger partial charge in [-0.1, -0.05) is 4.47 Å². The molecule has 1 aliphatic heterocycles. The highest BCUT2D eigenvalue weighted by Crippen LogP contribution is 2.14. The second-order valence-electron chi connectivity index (χ2n) is 2.81. The summed E-state index contributed by atoms with van der Waals surface area (Å²) in [5, 5.41) is -0.388. The van der Waals surface area contributed by atoms with Gasteiger partial charge in [0.05, 0.1) is 11.9 Å². The van der Waals surface area contributed by atoms with Crippen LogP contribution in [0.3, 0.4) is 0 Å². The van der Waals surface area contributed by atoms with Crippen molar-refractivity contribution in [1.82, 2.24) is 4.47 Å². The van der Waals surface area contributed by atoms with Crippen molar-refractivity contribution in [3.63, 3.8) is 0 Å². The minimum absolute atomic E-state index is 0.388. The molecule has 0 radical (unpaired) electrons. The molecule has 0 aromatic rings. The Morgan fingerprint density at radius 2 is 2.09 bits per heavy atom. The summed E-state index contributed by atoms with van der Waals surface area (Å²) in [6.07, 6.45) is 0.798. The summed E-state index contributed by atoms with van der Waals surface area (Å²) in [5.41, 5.74) is 0. The van der Waals surface area contributed by atoms with E-state index < -0.39 is 10.0 Å².